The molecule has 0 fully saturated rings. The predicted octanol–water partition coefficient (Wildman–Crippen LogP) is 0.811. The fourth-order valence-electron chi connectivity index (χ4n) is 1.27. The van der Waals surface area contributed by atoms with Crippen LogP contribution in [0, 0.1) is 6.92 Å². The highest BCUT2D eigenvalue weighted by atomic mass is 16.5. The number of hydrogen-bond donors (Lipinski definition) is 1. The highest BCUT2D eigenvalue weighted by Crippen LogP contribution is 2.17. The van der Waals surface area contributed by atoms with Crippen LogP contribution in [0.2, 0.25) is 0 Å². The number of nitrogens with two attached hydrogens (primary N) is 1. The van der Waals surface area contributed by atoms with Gasteiger partial charge in [0.1, 0.15) is 5.75 Å². The first-order valence-corrected chi connectivity index (χ1v) is 4.84. The Morgan fingerprint density at radius 2 is 2.31 bits per heavy atom. The molecule has 0 saturated heterocycles. The molecule has 0 bridgehead atoms. The van der Waals surface area contributed by atoms with Crippen molar-refractivity contribution in [2.24, 2.45) is 5.73 Å². The van der Waals surface area contributed by atoms with Crippen molar-refractivity contribution < 1.29 is 9.26 Å². The molecule has 16 heavy (non-hydrogen) atoms. The van der Waals surface area contributed by atoms with Crippen LogP contribution < -0.4 is 10.5 Å². The van der Waals surface area contributed by atoms with Crippen molar-refractivity contribution in [2.45, 2.75) is 20.1 Å². The van der Waals surface area contributed by atoms with Crippen LogP contribution in [0.4, 0.5) is 0 Å². The Hall–Kier alpha value is -1.95. The molecule has 0 aromatic carbocycles. The van der Waals surface area contributed by atoms with E-state index in [4.69, 9.17) is 10.5 Å². The highest BCUT2D eigenvalue weighted by Gasteiger charge is 2.06. The number of hydrogen-bond acceptors (Lipinski definition) is 6. The molecular weight excluding hydrogens is 208 g/mol. The van der Waals surface area contributed by atoms with Crippen LogP contribution >= 0.6 is 0 Å². The van der Waals surface area contributed by atoms with Gasteiger partial charge in [-0.1, -0.05) is 5.16 Å². The Balaban J connectivity index is 2.09. The van der Waals surface area contributed by atoms with E-state index in [0.717, 1.165) is 11.4 Å². The van der Waals surface area contributed by atoms with Crippen LogP contribution in [-0.2, 0) is 13.2 Å². The third kappa shape index (κ3) is 2.34. The number of nitrogens with zero attached hydrogens (tertiary/aromatic N) is 3. The summed E-state index contributed by atoms with van der Waals surface area (Å²) in [7, 11) is 0. The minimum Gasteiger partial charge on any atom is -0.484 e. The normalized spacial score (nSPS) is 10.4. The summed E-state index contributed by atoms with van der Waals surface area (Å²) in [5, 5.41) is 3.64. The van der Waals surface area contributed by atoms with E-state index in [2.05, 4.69) is 19.6 Å². The maximum Gasteiger partial charge on any atom is 0.213 e. The van der Waals surface area contributed by atoms with Gasteiger partial charge >= 0.3 is 0 Å². The van der Waals surface area contributed by atoms with E-state index in [1.54, 1.807) is 0 Å². The number of aryl methyl sites for hydroxylation is 1. The molecule has 0 unspecified atom stereocenters. The van der Waals surface area contributed by atoms with E-state index < -0.39 is 0 Å². The van der Waals surface area contributed by atoms with Gasteiger partial charge < -0.3 is 15.0 Å². The minimum absolute atomic E-state index is 0.244. The Labute approximate surface area is 92.4 Å². The molecule has 2 aromatic heterocycles. The molecule has 2 rings (SSSR count). The number of ether oxygens (including phenoxy) is 1. The van der Waals surface area contributed by atoms with Gasteiger partial charge in [-0.25, -0.2) is 0 Å². The van der Waals surface area contributed by atoms with Crippen molar-refractivity contribution >= 4 is 0 Å². The molecule has 2 heterocycles. The summed E-state index contributed by atoms with van der Waals surface area (Å²) in [6.45, 7) is 2.49. The largest absolute Gasteiger partial charge is 0.484 e. The maximum atomic E-state index is 5.58. The summed E-state index contributed by atoms with van der Waals surface area (Å²) in [6.07, 6.45) is 1.26. The smallest absolute Gasteiger partial charge is 0.213 e. The van der Waals surface area contributed by atoms with Crippen LogP contribution in [-0.4, -0.2) is 15.1 Å². The number of rotatable bonds is 4. The van der Waals surface area contributed by atoms with Gasteiger partial charge in [0.15, 0.2) is 6.61 Å². The van der Waals surface area contributed by atoms with Crippen molar-refractivity contribution in [3.8, 4) is 5.75 Å². The molecule has 6 nitrogen and oxygen atoms in total. The van der Waals surface area contributed by atoms with Crippen molar-refractivity contribution in [1.29, 1.82) is 0 Å². The summed E-state index contributed by atoms with van der Waals surface area (Å²) >= 11 is 0. The molecule has 0 aliphatic rings. The second-order valence-corrected chi connectivity index (χ2v) is 3.24. The lowest BCUT2D eigenvalue weighted by Gasteiger charge is -2.08. The SMILES string of the molecule is Cc1ccc(OCc2ncon2)c(CN)n1. The van der Waals surface area contributed by atoms with E-state index in [1.165, 1.54) is 6.39 Å². The van der Waals surface area contributed by atoms with E-state index in [-0.39, 0.29) is 6.61 Å². The first-order chi connectivity index (χ1) is 7.79. The van der Waals surface area contributed by atoms with Crippen LogP contribution in [0.15, 0.2) is 23.0 Å². The van der Waals surface area contributed by atoms with Crippen LogP contribution in [0.5, 0.6) is 5.75 Å². The van der Waals surface area contributed by atoms with Crippen molar-refractivity contribution in [3.05, 3.63) is 35.7 Å². The third-order valence-corrected chi connectivity index (χ3v) is 2.03. The van der Waals surface area contributed by atoms with Gasteiger partial charge in [0.05, 0.1) is 5.69 Å². The van der Waals surface area contributed by atoms with Gasteiger partial charge in [0.25, 0.3) is 0 Å². The Morgan fingerprint density at radius 3 is 3.00 bits per heavy atom. The average molecular weight is 220 g/mol. The lowest BCUT2D eigenvalue weighted by molar-refractivity contribution is 0.282. The fourth-order valence-corrected chi connectivity index (χ4v) is 1.27. The van der Waals surface area contributed by atoms with E-state index in [0.29, 0.717) is 18.1 Å². The van der Waals surface area contributed by atoms with Gasteiger partial charge in [-0.3, -0.25) is 4.98 Å². The molecule has 0 spiro atoms. The van der Waals surface area contributed by atoms with E-state index >= 15 is 0 Å². The second kappa shape index (κ2) is 4.71. The van der Waals surface area contributed by atoms with E-state index in [9.17, 15) is 0 Å². The van der Waals surface area contributed by atoms with Gasteiger partial charge in [-0.15, -0.1) is 0 Å². The lowest BCUT2D eigenvalue weighted by atomic mass is 10.3. The Kier molecular flexibility index (Phi) is 3.11. The topological polar surface area (TPSA) is 87.1 Å². The summed E-state index contributed by atoms with van der Waals surface area (Å²) < 4.78 is 10.1. The molecule has 2 N–H and O–H groups in total. The highest BCUT2D eigenvalue weighted by molar-refractivity contribution is 5.29. The first kappa shape index (κ1) is 10.6. The maximum absolute atomic E-state index is 5.58. The predicted molar refractivity (Wildman–Crippen MR) is 55.5 cm³/mol. The van der Waals surface area contributed by atoms with Crippen molar-refractivity contribution in [1.82, 2.24) is 15.1 Å². The standard InChI is InChI=1S/C10H12N4O2/c1-7-2-3-9(8(4-11)13-7)15-5-10-12-6-16-14-10/h2-3,6H,4-5,11H2,1H3. The van der Waals surface area contributed by atoms with Gasteiger partial charge in [0, 0.05) is 12.2 Å². The second-order valence-electron chi connectivity index (χ2n) is 3.24. The molecule has 0 atom stereocenters. The molecule has 6 heteroatoms. The zero-order valence-electron chi connectivity index (χ0n) is 8.88. The summed E-state index contributed by atoms with van der Waals surface area (Å²) in [5.74, 6) is 1.14. The van der Waals surface area contributed by atoms with Crippen LogP contribution in [0.25, 0.3) is 0 Å². The first-order valence-electron chi connectivity index (χ1n) is 4.84. The minimum atomic E-state index is 0.244. The van der Waals surface area contributed by atoms with Crippen molar-refractivity contribution in [2.75, 3.05) is 0 Å². The third-order valence-electron chi connectivity index (χ3n) is 2.03. The monoisotopic (exact) mass is 220 g/mol. The van der Waals surface area contributed by atoms with Crippen molar-refractivity contribution in [3.63, 3.8) is 0 Å². The lowest BCUT2D eigenvalue weighted by Crippen LogP contribution is -2.06. The zero-order chi connectivity index (χ0) is 11.4. The molecule has 84 valence electrons. The molecule has 2 aromatic rings. The van der Waals surface area contributed by atoms with Gasteiger partial charge in [-0.2, -0.15) is 4.98 Å². The van der Waals surface area contributed by atoms with Crippen LogP contribution in [0.3, 0.4) is 0 Å². The van der Waals surface area contributed by atoms with E-state index in [1.807, 2.05) is 19.1 Å². The Bertz CT molecular complexity index is 456. The number of aromatic nitrogens is 3. The molecule has 0 aliphatic heterocycles. The molecule has 0 amide bonds. The molecule has 0 saturated carbocycles. The fraction of sp³-hybridized carbons (Fsp3) is 0.300. The molecular formula is C10H12N4O2. The summed E-state index contributed by atoms with van der Waals surface area (Å²) in [6, 6.07) is 3.70. The zero-order valence-corrected chi connectivity index (χ0v) is 8.88. The quantitative estimate of drug-likeness (QED) is 0.820. The summed E-state index contributed by atoms with van der Waals surface area (Å²) in [4.78, 5) is 8.13. The molecule has 0 radical (unpaired) electrons. The average Bonchev–Trinajstić information content (AvgIpc) is 2.80. The molecule has 0 aliphatic carbocycles. The Morgan fingerprint density at radius 1 is 1.44 bits per heavy atom. The summed E-state index contributed by atoms with van der Waals surface area (Å²) in [5.41, 5.74) is 7.21. The number of pyridine rings is 1. The van der Waals surface area contributed by atoms with Crippen LogP contribution in [0.1, 0.15) is 17.2 Å². The van der Waals surface area contributed by atoms with Gasteiger partial charge in [-0.05, 0) is 19.1 Å². The van der Waals surface area contributed by atoms with Gasteiger partial charge in [0.2, 0.25) is 12.2 Å².